The van der Waals surface area contributed by atoms with Gasteiger partial charge in [-0.15, -0.1) is 0 Å². The summed E-state index contributed by atoms with van der Waals surface area (Å²) in [7, 11) is 0. The number of amides is 2. The van der Waals surface area contributed by atoms with Gasteiger partial charge in [0.25, 0.3) is 5.91 Å². The van der Waals surface area contributed by atoms with Gasteiger partial charge in [-0.05, 0) is 18.6 Å². The number of nitrogens with zero attached hydrogens (tertiary/aromatic N) is 2. The number of carbonyl (C=O) groups excluding carboxylic acids is 2. The topological polar surface area (TPSA) is 141 Å². The van der Waals surface area contributed by atoms with Crippen LogP contribution in [-0.2, 0) is 22.6 Å². The fourth-order valence-electron chi connectivity index (χ4n) is 3.46. The maximum Gasteiger partial charge on any atom is 0.320 e. The fraction of sp³-hybridized carbons (Fsp3) is 0.300. The summed E-state index contributed by atoms with van der Waals surface area (Å²) < 4.78 is 27.4. The van der Waals surface area contributed by atoms with Crippen LogP contribution >= 0.6 is 11.3 Å². The third-order valence-electron chi connectivity index (χ3n) is 5.15. The molecule has 5 N–H and O–H groups in total. The molecule has 3 aromatic rings. The second-order valence-electron chi connectivity index (χ2n) is 7.43. The number of aliphatic carboxylic acids is 1. The van der Waals surface area contributed by atoms with Crippen LogP contribution in [0.1, 0.15) is 33.9 Å². The van der Waals surface area contributed by atoms with E-state index in [1.54, 1.807) is 4.90 Å². The quantitative estimate of drug-likeness (QED) is 0.442. The average Bonchev–Trinajstić information content (AvgIpc) is 3.34. The van der Waals surface area contributed by atoms with Gasteiger partial charge >= 0.3 is 5.97 Å². The number of carboxylic acids is 1. The van der Waals surface area contributed by atoms with Crippen molar-refractivity contribution in [2.24, 2.45) is 5.73 Å². The summed E-state index contributed by atoms with van der Waals surface area (Å²) in [4.78, 5) is 45.2. The van der Waals surface area contributed by atoms with E-state index in [0.717, 1.165) is 22.7 Å². The average molecular weight is 463 g/mol. The number of hydrogen-bond donors (Lipinski definition) is 4. The van der Waals surface area contributed by atoms with E-state index in [1.165, 1.54) is 17.4 Å². The number of rotatable bonds is 6. The number of H-pyrrole nitrogens is 1. The molecular formula is C20H19F2N5O4S. The fourth-order valence-corrected chi connectivity index (χ4v) is 4.50. The monoisotopic (exact) mass is 463 g/mol. The van der Waals surface area contributed by atoms with Gasteiger partial charge in [0, 0.05) is 35.7 Å². The SMILES string of the molecule is NC(CCC(=O)Nc1nc2c(s1)CN(C(=O)c1cc3c(F)cc(F)cc3[nH]1)CC2)C(=O)O. The molecule has 0 radical (unpaired) electrons. The molecular weight excluding hydrogens is 444 g/mol. The van der Waals surface area contributed by atoms with E-state index in [1.807, 2.05) is 0 Å². The van der Waals surface area contributed by atoms with E-state index in [0.29, 0.717) is 18.1 Å². The number of carboxylic acid groups (broad SMARTS) is 1. The molecule has 0 fully saturated rings. The molecule has 0 spiro atoms. The van der Waals surface area contributed by atoms with Gasteiger partial charge in [-0.3, -0.25) is 14.4 Å². The molecule has 0 saturated heterocycles. The molecule has 32 heavy (non-hydrogen) atoms. The molecule has 1 aliphatic heterocycles. The molecule has 0 aliphatic carbocycles. The van der Waals surface area contributed by atoms with Gasteiger partial charge in [-0.2, -0.15) is 0 Å². The predicted octanol–water partition coefficient (Wildman–Crippen LogP) is 2.23. The third kappa shape index (κ3) is 4.46. The van der Waals surface area contributed by atoms with E-state index < -0.39 is 29.6 Å². The number of thiazole rings is 1. The number of halogens is 2. The van der Waals surface area contributed by atoms with Crippen molar-refractivity contribution in [3.8, 4) is 0 Å². The van der Waals surface area contributed by atoms with Crippen LogP contribution < -0.4 is 11.1 Å². The summed E-state index contributed by atoms with van der Waals surface area (Å²) >= 11 is 1.23. The highest BCUT2D eigenvalue weighted by Crippen LogP contribution is 2.30. The maximum absolute atomic E-state index is 13.9. The number of nitrogens with one attached hydrogen (secondary N) is 2. The Hall–Kier alpha value is -3.38. The number of hydrogen-bond acceptors (Lipinski definition) is 6. The molecule has 1 aromatic carbocycles. The van der Waals surface area contributed by atoms with E-state index in [4.69, 9.17) is 10.8 Å². The lowest BCUT2D eigenvalue weighted by Gasteiger charge is -2.25. The number of nitrogens with two attached hydrogens (primary N) is 1. The Labute approximate surface area is 184 Å². The molecule has 1 aliphatic rings. The minimum Gasteiger partial charge on any atom is -0.480 e. The first-order valence-electron chi connectivity index (χ1n) is 9.75. The highest BCUT2D eigenvalue weighted by Gasteiger charge is 2.27. The molecule has 1 atom stereocenters. The van der Waals surface area contributed by atoms with Crippen LogP contribution in [0.2, 0.25) is 0 Å². The van der Waals surface area contributed by atoms with E-state index in [2.05, 4.69) is 15.3 Å². The Balaban J connectivity index is 1.42. The van der Waals surface area contributed by atoms with Crippen LogP contribution in [0.25, 0.3) is 10.9 Å². The first kappa shape index (κ1) is 21.8. The smallest absolute Gasteiger partial charge is 0.320 e. The summed E-state index contributed by atoms with van der Waals surface area (Å²) in [6.45, 7) is 0.639. The Morgan fingerprint density at radius 1 is 1.31 bits per heavy atom. The molecule has 1 unspecified atom stereocenters. The lowest BCUT2D eigenvalue weighted by molar-refractivity contribution is -0.138. The van der Waals surface area contributed by atoms with Crippen molar-refractivity contribution < 1.29 is 28.3 Å². The van der Waals surface area contributed by atoms with E-state index >= 15 is 0 Å². The Kier molecular flexibility index (Phi) is 5.89. The molecule has 168 valence electrons. The second-order valence-corrected chi connectivity index (χ2v) is 8.51. The molecule has 3 heterocycles. The Morgan fingerprint density at radius 3 is 2.84 bits per heavy atom. The van der Waals surface area contributed by atoms with Gasteiger partial charge in [0.05, 0.1) is 17.8 Å². The highest BCUT2D eigenvalue weighted by molar-refractivity contribution is 7.15. The minimum absolute atomic E-state index is 0.00350. The summed E-state index contributed by atoms with van der Waals surface area (Å²) in [5, 5.41) is 11.9. The van der Waals surface area contributed by atoms with Crippen LogP contribution in [0.3, 0.4) is 0 Å². The Morgan fingerprint density at radius 2 is 2.09 bits per heavy atom. The summed E-state index contributed by atoms with van der Waals surface area (Å²) in [6.07, 6.45) is 0.421. The Bertz CT molecular complexity index is 1220. The van der Waals surface area contributed by atoms with Crippen LogP contribution in [0.15, 0.2) is 18.2 Å². The van der Waals surface area contributed by atoms with Crippen molar-refractivity contribution >= 4 is 45.2 Å². The molecule has 0 bridgehead atoms. The molecule has 12 heteroatoms. The van der Waals surface area contributed by atoms with Crippen molar-refractivity contribution in [1.29, 1.82) is 0 Å². The summed E-state index contributed by atoms with van der Waals surface area (Å²) in [6, 6.07) is 2.15. The number of carbonyl (C=O) groups is 3. The number of benzene rings is 1. The number of aromatic amines is 1. The molecule has 0 saturated carbocycles. The van der Waals surface area contributed by atoms with Gasteiger partial charge < -0.3 is 26.0 Å². The van der Waals surface area contributed by atoms with Crippen LogP contribution in [0.4, 0.5) is 13.9 Å². The van der Waals surface area contributed by atoms with E-state index in [9.17, 15) is 23.2 Å². The minimum atomic E-state index is -1.17. The lowest BCUT2D eigenvalue weighted by Crippen LogP contribution is -2.35. The molecule has 9 nitrogen and oxygen atoms in total. The number of anilines is 1. The first-order chi connectivity index (χ1) is 15.2. The van der Waals surface area contributed by atoms with Gasteiger partial charge in [-0.25, -0.2) is 13.8 Å². The van der Waals surface area contributed by atoms with Gasteiger partial charge in [0.15, 0.2) is 5.13 Å². The molecule has 2 amide bonds. The zero-order valence-corrected chi connectivity index (χ0v) is 17.5. The predicted molar refractivity (Wildman–Crippen MR) is 112 cm³/mol. The van der Waals surface area contributed by atoms with Crippen molar-refractivity contribution in [2.75, 3.05) is 11.9 Å². The normalized spacial score (nSPS) is 14.3. The van der Waals surface area contributed by atoms with Crippen molar-refractivity contribution in [3.63, 3.8) is 0 Å². The number of fused-ring (bicyclic) bond motifs is 2. The number of aromatic nitrogens is 2. The first-order valence-corrected chi connectivity index (χ1v) is 10.6. The van der Waals surface area contributed by atoms with E-state index in [-0.39, 0.29) is 41.9 Å². The van der Waals surface area contributed by atoms with Crippen molar-refractivity contribution in [3.05, 3.63) is 46.1 Å². The summed E-state index contributed by atoms with van der Waals surface area (Å²) in [5.41, 5.74) is 6.52. The van der Waals surface area contributed by atoms with Gasteiger partial charge in [-0.1, -0.05) is 11.3 Å². The van der Waals surface area contributed by atoms with Crippen LogP contribution in [-0.4, -0.2) is 50.3 Å². The zero-order chi connectivity index (χ0) is 23.0. The lowest BCUT2D eigenvalue weighted by atomic mass is 10.1. The highest BCUT2D eigenvalue weighted by atomic mass is 32.1. The second kappa shape index (κ2) is 8.63. The summed E-state index contributed by atoms with van der Waals surface area (Å²) in [5.74, 6) is -3.40. The van der Waals surface area contributed by atoms with Gasteiger partial charge in [0.2, 0.25) is 5.91 Å². The molecule has 4 rings (SSSR count). The largest absolute Gasteiger partial charge is 0.480 e. The maximum atomic E-state index is 13.9. The van der Waals surface area contributed by atoms with Crippen LogP contribution in [0, 0.1) is 11.6 Å². The molecule has 2 aromatic heterocycles. The van der Waals surface area contributed by atoms with Crippen molar-refractivity contribution in [2.45, 2.75) is 31.8 Å². The standard InChI is InChI=1S/C20H19F2N5O4S/c21-9-5-11(22)10-7-15(24-14(10)6-9)18(29)27-4-3-13-16(8-27)32-20(25-13)26-17(28)2-1-12(23)19(30)31/h5-7,12,24H,1-4,8,23H2,(H,30,31)(H,25,26,28). The zero-order valence-electron chi connectivity index (χ0n) is 16.7. The van der Waals surface area contributed by atoms with Crippen molar-refractivity contribution in [1.82, 2.24) is 14.9 Å². The third-order valence-corrected chi connectivity index (χ3v) is 6.14. The van der Waals surface area contributed by atoms with Crippen LogP contribution in [0.5, 0.6) is 0 Å². The van der Waals surface area contributed by atoms with Gasteiger partial charge in [0.1, 0.15) is 23.4 Å².